The number of anilines is 3. The molecule has 0 saturated carbocycles. The molecule has 0 amide bonds. The SMILES string of the molecule is c1ccc(-c2cccc(-c3ccccc3N(c3ccc(-c4cccc5ccccc45)cc3)c3cccc4c3-c3ccccc3C4(c3ccccc3)c3ccccc3)c2)cc1. The van der Waals surface area contributed by atoms with Crippen molar-refractivity contribution in [2.45, 2.75) is 5.41 Å². The van der Waals surface area contributed by atoms with Crippen molar-refractivity contribution in [1.82, 2.24) is 0 Å². The summed E-state index contributed by atoms with van der Waals surface area (Å²) in [6.07, 6.45) is 0. The summed E-state index contributed by atoms with van der Waals surface area (Å²) in [5.41, 5.74) is 17.5. The van der Waals surface area contributed by atoms with Crippen molar-refractivity contribution in [1.29, 1.82) is 0 Å². The Bertz CT molecular complexity index is 3090. The fraction of sp³-hybridized carbons (Fsp3) is 0.0169. The van der Waals surface area contributed by atoms with Crippen LogP contribution in [0.3, 0.4) is 0 Å². The lowest BCUT2D eigenvalue weighted by molar-refractivity contribution is 0.768. The van der Waals surface area contributed by atoms with E-state index in [1.54, 1.807) is 0 Å². The maximum atomic E-state index is 2.50. The summed E-state index contributed by atoms with van der Waals surface area (Å²) >= 11 is 0. The summed E-state index contributed by atoms with van der Waals surface area (Å²) in [6.45, 7) is 0. The first kappa shape index (κ1) is 35.4. The predicted molar refractivity (Wildman–Crippen MR) is 252 cm³/mol. The van der Waals surface area contributed by atoms with Crippen molar-refractivity contribution in [3.63, 3.8) is 0 Å². The average molecular weight is 764 g/mol. The van der Waals surface area contributed by atoms with E-state index in [1.165, 1.54) is 72.0 Å². The third kappa shape index (κ3) is 5.78. The fourth-order valence-corrected chi connectivity index (χ4v) is 9.74. The predicted octanol–water partition coefficient (Wildman–Crippen LogP) is 15.7. The molecule has 11 rings (SSSR count). The summed E-state index contributed by atoms with van der Waals surface area (Å²) in [6, 6.07) is 91.1. The molecule has 0 aliphatic heterocycles. The minimum Gasteiger partial charge on any atom is -0.309 e. The first-order valence-electron chi connectivity index (χ1n) is 20.8. The van der Waals surface area contributed by atoms with Crippen LogP contribution in [-0.2, 0) is 5.41 Å². The first-order valence-corrected chi connectivity index (χ1v) is 20.8. The molecule has 10 aromatic rings. The monoisotopic (exact) mass is 763 g/mol. The van der Waals surface area contributed by atoms with Gasteiger partial charge >= 0.3 is 0 Å². The Labute approximate surface area is 352 Å². The van der Waals surface area contributed by atoms with Crippen molar-refractivity contribution in [3.8, 4) is 44.5 Å². The Morgan fingerprint density at radius 2 is 0.817 bits per heavy atom. The molecule has 0 atom stereocenters. The van der Waals surface area contributed by atoms with Crippen LogP contribution in [0.15, 0.2) is 249 Å². The Morgan fingerprint density at radius 1 is 0.300 bits per heavy atom. The van der Waals surface area contributed by atoms with Crippen LogP contribution in [0.2, 0.25) is 0 Å². The highest BCUT2D eigenvalue weighted by atomic mass is 15.1. The molecular formula is C59H41N. The first-order chi connectivity index (χ1) is 29.8. The lowest BCUT2D eigenvalue weighted by Gasteiger charge is -2.34. The van der Waals surface area contributed by atoms with Crippen molar-refractivity contribution in [2.75, 3.05) is 4.90 Å². The van der Waals surface area contributed by atoms with Gasteiger partial charge in [-0.05, 0) is 96.7 Å². The molecule has 0 fully saturated rings. The molecule has 0 spiro atoms. The molecule has 282 valence electrons. The fourth-order valence-electron chi connectivity index (χ4n) is 9.74. The number of para-hydroxylation sites is 1. The van der Waals surface area contributed by atoms with Gasteiger partial charge in [0.05, 0.1) is 16.8 Å². The van der Waals surface area contributed by atoms with E-state index in [2.05, 4.69) is 254 Å². The zero-order chi connectivity index (χ0) is 39.9. The number of hydrogen-bond acceptors (Lipinski definition) is 1. The van der Waals surface area contributed by atoms with Gasteiger partial charge in [-0.15, -0.1) is 0 Å². The van der Waals surface area contributed by atoms with E-state index in [9.17, 15) is 0 Å². The van der Waals surface area contributed by atoms with Gasteiger partial charge in [-0.3, -0.25) is 0 Å². The molecule has 0 bridgehead atoms. The lowest BCUT2D eigenvalue weighted by atomic mass is 9.68. The maximum absolute atomic E-state index is 2.50. The van der Waals surface area contributed by atoms with Gasteiger partial charge in [-0.2, -0.15) is 0 Å². The van der Waals surface area contributed by atoms with Gasteiger partial charge in [0.15, 0.2) is 0 Å². The van der Waals surface area contributed by atoms with Gasteiger partial charge in [-0.25, -0.2) is 0 Å². The standard InChI is InChI=1S/C59H41N/c1-4-19-42(20-5-1)45-23-16-24-46(41-45)52-30-13-15-35-56(52)60(49-39-37-44(38-40-49)51-32-17-22-43-21-10-11-29-50(43)51)57-36-18-34-55-58(57)53-31-12-14-33-54(53)59(55,47-25-6-2-7-26-47)48-27-8-3-9-28-48/h1-41H. The van der Waals surface area contributed by atoms with Gasteiger partial charge in [0.1, 0.15) is 0 Å². The van der Waals surface area contributed by atoms with Crippen molar-refractivity contribution < 1.29 is 0 Å². The van der Waals surface area contributed by atoms with Crippen LogP contribution in [-0.4, -0.2) is 0 Å². The molecule has 0 radical (unpaired) electrons. The molecule has 10 aromatic carbocycles. The van der Waals surface area contributed by atoms with E-state index in [4.69, 9.17) is 0 Å². The summed E-state index contributed by atoms with van der Waals surface area (Å²) in [5, 5.41) is 2.50. The van der Waals surface area contributed by atoms with Crippen molar-refractivity contribution in [2.24, 2.45) is 0 Å². The van der Waals surface area contributed by atoms with Gasteiger partial charge in [0.2, 0.25) is 0 Å². The van der Waals surface area contributed by atoms with E-state index >= 15 is 0 Å². The van der Waals surface area contributed by atoms with Crippen LogP contribution in [0.1, 0.15) is 22.3 Å². The van der Waals surface area contributed by atoms with Crippen LogP contribution in [0.5, 0.6) is 0 Å². The van der Waals surface area contributed by atoms with Crippen LogP contribution >= 0.6 is 0 Å². The number of fused-ring (bicyclic) bond motifs is 4. The van der Waals surface area contributed by atoms with Crippen LogP contribution < -0.4 is 4.90 Å². The van der Waals surface area contributed by atoms with Gasteiger partial charge in [0, 0.05) is 16.8 Å². The minimum atomic E-state index is -0.516. The Morgan fingerprint density at radius 3 is 1.58 bits per heavy atom. The maximum Gasteiger partial charge on any atom is 0.0714 e. The molecule has 0 N–H and O–H groups in total. The van der Waals surface area contributed by atoms with Gasteiger partial charge in [0.25, 0.3) is 0 Å². The number of benzene rings is 10. The second kappa shape index (κ2) is 14.9. The third-order valence-electron chi connectivity index (χ3n) is 12.4. The summed E-state index contributed by atoms with van der Waals surface area (Å²) < 4.78 is 0. The lowest BCUT2D eigenvalue weighted by Crippen LogP contribution is -2.28. The van der Waals surface area contributed by atoms with Gasteiger partial charge in [-0.1, -0.05) is 218 Å². The molecule has 1 aliphatic carbocycles. The van der Waals surface area contributed by atoms with Crippen LogP contribution in [0.4, 0.5) is 17.1 Å². The Kier molecular flexibility index (Phi) is 8.79. The number of nitrogens with zero attached hydrogens (tertiary/aromatic N) is 1. The van der Waals surface area contributed by atoms with E-state index in [0.29, 0.717) is 0 Å². The molecule has 1 aliphatic rings. The van der Waals surface area contributed by atoms with E-state index in [-0.39, 0.29) is 0 Å². The second-order valence-electron chi connectivity index (χ2n) is 15.6. The average Bonchev–Trinajstić information content (AvgIpc) is 3.64. The minimum absolute atomic E-state index is 0.516. The van der Waals surface area contributed by atoms with Gasteiger partial charge < -0.3 is 4.90 Å². The third-order valence-corrected chi connectivity index (χ3v) is 12.4. The van der Waals surface area contributed by atoms with E-state index in [1.807, 2.05) is 0 Å². The molecule has 0 saturated heterocycles. The highest BCUT2D eigenvalue weighted by Gasteiger charge is 2.47. The molecule has 0 unspecified atom stereocenters. The Balaban J connectivity index is 1.17. The topological polar surface area (TPSA) is 3.24 Å². The highest BCUT2D eigenvalue weighted by Crippen LogP contribution is 2.60. The van der Waals surface area contributed by atoms with E-state index in [0.717, 1.165) is 22.6 Å². The number of hydrogen-bond donors (Lipinski definition) is 0. The largest absolute Gasteiger partial charge is 0.309 e. The smallest absolute Gasteiger partial charge is 0.0714 e. The molecular weight excluding hydrogens is 723 g/mol. The van der Waals surface area contributed by atoms with Crippen LogP contribution in [0.25, 0.3) is 55.3 Å². The zero-order valence-corrected chi connectivity index (χ0v) is 33.1. The van der Waals surface area contributed by atoms with Crippen molar-refractivity contribution >= 4 is 27.8 Å². The molecule has 1 heteroatoms. The van der Waals surface area contributed by atoms with E-state index < -0.39 is 5.41 Å². The second-order valence-corrected chi connectivity index (χ2v) is 15.6. The summed E-state index contributed by atoms with van der Waals surface area (Å²) in [5.74, 6) is 0. The summed E-state index contributed by atoms with van der Waals surface area (Å²) in [4.78, 5) is 2.50. The highest BCUT2D eigenvalue weighted by molar-refractivity contribution is 6.01. The zero-order valence-electron chi connectivity index (χ0n) is 33.1. The Hall–Kier alpha value is -7.74. The molecule has 0 heterocycles. The number of rotatable bonds is 8. The molecule has 60 heavy (non-hydrogen) atoms. The molecule has 1 nitrogen and oxygen atoms in total. The normalized spacial score (nSPS) is 12.5. The van der Waals surface area contributed by atoms with Crippen molar-refractivity contribution in [3.05, 3.63) is 271 Å². The summed E-state index contributed by atoms with van der Waals surface area (Å²) in [7, 11) is 0. The quantitative estimate of drug-likeness (QED) is 0.149. The van der Waals surface area contributed by atoms with Crippen LogP contribution in [0, 0.1) is 0 Å². The molecule has 0 aromatic heterocycles.